The van der Waals surface area contributed by atoms with Crippen molar-refractivity contribution in [3.8, 4) is 0 Å². The number of carbonyl (C=O) groups excluding carboxylic acids is 2. The zero-order chi connectivity index (χ0) is 22.1. The Labute approximate surface area is 176 Å². The number of hydrogen-bond acceptors (Lipinski definition) is 8. The lowest BCUT2D eigenvalue weighted by atomic mass is 10.1. The van der Waals surface area contributed by atoms with E-state index in [1.165, 1.54) is 7.11 Å². The lowest BCUT2D eigenvalue weighted by molar-refractivity contribution is -0.143. The Balaban J connectivity index is 2.84. The molecule has 8 nitrogen and oxygen atoms in total. The fourth-order valence-electron chi connectivity index (χ4n) is 2.24. The van der Waals surface area contributed by atoms with E-state index >= 15 is 0 Å². The summed E-state index contributed by atoms with van der Waals surface area (Å²) in [6.07, 6.45) is -0.486. The van der Waals surface area contributed by atoms with E-state index in [0.717, 1.165) is 16.9 Å². The second-order valence-corrected chi connectivity index (χ2v) is 10.9. The van der Waals surface area contributed by atoms with Crippen LogP contribution in [0.1, 0.15) is 40.2 Å². The molecule has 0 saturated heterocycles. The molecule has 0 aromatic heterocycles. The summed E-state index contributed by atoms with van der Waals surface area (Å²) in [5.41, 5.74) is 0.0991. The zero-order valence-corrected chi connectivity index (χ0v) is 19.4. The van der Waals surface area contributed by atoms with Gasteiger partial charge in [-0.1, -0.05) is 12.1 Å². The first-order chi connectivity index (χ1) is 13.5. The van der Waals surface area contributed by atoms with Gasteiger partial charge in [-0.3, -0.25) is 0 Å². The molecule has 0 spiro atoms. The third-order valence-electron chi connectivity index (χ3n) is 3.33. The molecule has 1 N–H and O–H groups in total. The third-order valence-corrected chi connectivity index (χ3v) is 7.12. The van der Waals surface area contributed by atoms with Gasteiger partial charge < -0.3 is 23.8 Å². The van der Waals surface area contributed by atoms with Gasteiger partial charge in [-0.05, 0) is 63.7 Å². The highest BCUT2D eigenvalue weighted by Crippen LogP contribution is 2.63. The fourth-order valence-corrected chi connectivity index (χ4v) is 5.66. The fraction of sp³-hybridized carbons (Fsp3) is 0.579. The van der Waals surface area contributed by atoms with Crippen LogP contribution in [-0.2, 0) is 34.3 Å². The monoisotopic (exact) mass is 447 g/mol. The van der Waals surface area contributed by atoms with Gasteiger partial charge >= 0.3 is 18.9 Å². The van der Waals surface area contributed by atoms with Gasteiger partial charge in [-0.25, -0.2) is 14.2 Å². The van der Waals surface area contributed by atoms with Gasteiger partial charge in [-0.2, -0.15) is 0 Å². The van der Waals surface area contributed by atoms with Crippen LogP contribution in [0.3, 0.4) is 0 Å². The number of benzene rings is 1. The second kappa shape index (κ2) is 11.6. The van der Waals surface area contributed by atoms with E-state index in [-0.39, 0.29) is 19.6 Å². The summed E-state index contributed by atoms with van der Waals surface area (Å²) in [4.78, 5) is 24.8. The van der Waals surface area contributed by atoms with Crippen LogP contribution in [0, 0.1) is 0 Å². The summed E-state index contributed by atoms with van der Waals surface area (Å²) in [6.45, 7) is 5.99. The van der Waals surface area contributed by atoms with Crippen molar-refractivity contribution in [2.24, 2.45) is 0 Å². The SMILES string of the molecule is CCOP(=O)(OCC)Sc1ccc(C[C@H](NC(=O)OC(C)(C)C)C(=O)OC)cc1. The summed E-state index contributed by atoms with van der Waals surface area (Å²) < 4.78 is 33.1. The smallest absolute Gasteiger partial charge is 0.408 e. The molecule has 0 radical (unpaired) electrons. The number of nitrogens with one attached hydrogen (secondary N) is 1. The van der Waals surface area contributed by atoms with Crippen molar-refractivity contribution in [3.05, 3.63) is 29.8 Å². The first-order valence-electron chi connectivity index (χ1n) is 9.27. The Morgan fingerprint density at radius 1 is 1.10 bits per heavy atom. The molecule has 1 amide bonds. The molecule has 29 heavy (non-hydrogen) atoms. The van der Waals surface area contributed by atoms with E-state index in [0.29, 0.717) is 4.90 Å². The molecule has 1 atom stereocenters. The predicted octanol–water partition coefficient (Wildman–Crippen LogP) is 4.57. The number of methoxy groups -OCH3 is 1. The van der Waals surface area contributed by atoms with Crippen LogP contribution in [0.15, 0.2) is 29.2 Å². The highest BCUT2D eigenvalue weighted by atomic mass is 32.7. The van der Waals surface area contributed by atoms with Crippen molar-refractivity contribution in [1.82, 2.24) is 5.32 Å². The summed E-state index contributed by atoms with van der Waals surface area (Å²) in [5.74, 6) is -0.577. The molecule has 1 aromatic carbocycles. The number of alkyl carbamates (subject to hydrolysis) is 1. The molecule has 0 aliphatic carbocycles. The maximum Gasteiger partial charge on any atom is 0.408 e. The van der Waals surface area contributed by atoms with E-state index in [4.69, 9.17) is 18.5 Å². The van der Waals surface area contributed by atoms with Gasteiger partial charge in [0.2, 0.25) is 0 Å². The highest BCUT2D eigenvalue weighted by Gasteiger charge is 2.27. The maximum absolute atomic E-state index is 12.6. The van der Waals surface area contributed by atoms with Gasteiger partial charge in [0.05, 0.1) is 20.3 Å². The minimum absolute atomic E-state index is 0.214. The topological polar surface area (TPSA) is 100 Å². The maximum atomic E-state index is 12.6. The molecular weight excluding hydrogens is 417 g/mol. The highest BCUT2D eigenvalue weighted by molar-refractivity contribution is 8.55. The quantitative estimate of drug-likeness (QED) is 0.411. The molecule has 0 heterocycles. The summed E-state index contributed by atoms with van der Waals surface area (Å²) in [7, 11) is 1.25. The van der Waals surface area contributed by atoms with Crippen LogP contribution in [0.4, 0.5) is 4.79 Å². The van der Waals surface area contributed by atoms with Crippen LogP contribution < -0.4 is 5.32 Å². The predicted molar refractivity (Wildman–Crippen MR) is 112 cm³/mol. The van der Waals surface area contributed by atoms with Crippen LogP contribution in [0.5, 0.6) is 0 Å². The summed E-state index contributed by atoms with van der Waals surface area (Å²) in [6, 6.07) is 6.17. The molecule has 0 aliphatic rings. The van der Waals surface area contributed by atoms with Crippen molar-refractivity contribution in [2.75, 3.05) is 20.3 Å². The lowest BCUT2D eigenvalue weighted by Crippen LogP contribution is -2.45. The number of ether oxygens (including phenoxy) is 2. The van der Waals surface area contributed by atoms with Gasteiger partial charge in [0.15, 0.2) is 0 Å². The van der Waals surface area contributed by atoms with Gasteiger partial charge in [0, 0.05) is 11.3 Å². The van der Waals surface area contributed by atoms with Gasteiger partial charge in [0.1, 0.15) is 11.6 Å². The van der Waals surface area contributed by atoms with E-state index in [1.807, 2.05) is 0 Å². The molecule has 164 valence electrons. The van der Waals surface area contributed by atoms with Gasteiger partial charge in [0.25, 0.3) is 0 Å². The molecule has 1 rings (SSSR count). The van der Waals surface area contributed by atoms with Crippen LogP contribution in [0.2, 0.25) is 0 Å². The van der Waals surface area contributed by atoms with Crippen molar-refractivity contribution in [3.63, 3.8) is 0 Å². The van der Waals surface area contributed by atoms with Gasteiger partial charge in [-0.15, -0.1) is 0 Å². The van der Waals surface area contributed by atoms with E-state index in [2.05, 4.69) is 5.32 Å². The second-order valence-electron chi connectivity index (χ2n) is 6.94. The van der Waals surface area contributed by atoms with Crippen LogP contribution in [-0.4, -0.2) is 44.0 Å². The molecule has 0 unspecified atom stereocenters. The number of esters is 1. The lowest BCUT2D eigenvalue weighted by Gasteiger charge is -2.22. The van der Waals surface area contributed by atoms with Crippen molar-refractivity contribution in [2.45, 2.75) is 57.6 Å². The van der Waals surface area contributed by atoms with E-state index < -0.39 is 30.5 Å². The Hall–Kier alpha value is -1.54. The minimum atomic E-state index is -3.27. The summed E-state index contributed by atoms with van der Waals surface area (Å²) in [5, 5.41) is 2.53. The third kappa shape index (κ3) is 9.67. The average Bonchev–Trinajstić information content (AvgIpc) is 2.60. The normalized spacial score (nSPS) is 12.9. The van der Waals surface area contributed by atoms with Crippen molar-refractivity contribution >= 4 is 30.2 Å². The first kappa shape index (κ1) is 25.5. The Kier molecular flexibility index (Phi) is 10.2. The number of amides is 1. The molecule has 0 aliphatic heterocycles. The first-order valence-corrected chi connectivity index (χ1v) is 12.2. The molecule has 10 heteroatoms. The molecule has 0 bridgehead atoms. The average molecular weight is 447 g/mol. The molecule has 1 aromatic rings. The number of rotatable bonds is 10. The standard InChI is InChI=1S/C19H30NO7PS/c1-7-25-28(23,26-8-2)29-15-11-9-14(10-12-15)13-16(17(21)24-6)20-18(22)27-19(3,4)5/h9-12,16H,7-8,13H2,1-6H3,(H,20,22)/t16-/m0/s1. The Bertz CT molecular complexity index is 708. The Morgan fingerprint density at radius 3 is 2.10 bits per heavy atom. The minimum Gasteiger partial charge on any atom is -0.467 e. The van der Waals surface area contributed by atoms with E-state index in [1.54, 1.807) is 58.9 Å². The van der Waals surface area contributed by atoms with Crippen LogP contribution >= 0.6 is 18.2 Å². The largest absolute Gasteiger partial charge is 0.467 e. The zero-order valence-electron chi connectivity index (χ0n) is 17.7. The van der Waals surface area contributed by atoms with Crippen molar-refractivity contribution < 1.29 is 32.7 Å². The number of hydrogen-bond donors (Lipinski definition) is 1. The van der Waals surface area contributed by atoms with Crippen molar-refractivity contribution in [1.29, 1.82) is 0 Å². The number of carbonyl (C=O) groups is 2. The molecular formula is C19H30NO7PS. The summed E-state index contributed by atoms with van der Waals surface area (Å²) >= 11 is 1.03. The van der Waals surface area contributed by atoms with Crippen LogP contribution in [0.25, 0.3) is 0 Å². The molecule has 0 saturated carbocycles. The Morgan fingerprint density at radius 2 is 1.66 bits per heavy atom. The van der Waals surface area contributed by atoms with E-state index in [9.17, 15) is 14.2 Å². The molecule has 0 fully saturated rings.